The van der Waals surface area contributed by atoms with E-state index >= 15 is 0 Å². The molecule has 0 aliphatic rings. The summed E-state index contributed by atoms with van der Waals surface area (Å²) in [5, 5.41) is 35.7. The Morgan fingerprint density at radius 1 is 1.00 bits per heavy atom. The van der Waals surface area contributed by atoms with Crippen molar-refractivity contribution in [1.82, 2.24) is 0 Å². The Bertz CT molecular complexity index is 160. The molecular weight excluding hydrogens is 248 g/mol. The number of carboxylic acids is 2. The molecule has 0 saturated carbocycles. The van der Waals surface area contributed by atoms with Crippen LogP contribution >= 0.6 is 0 Å². The molecule has 0 radical (unpaired) electrons. The number of aliphatic hydroxyl groups excluding tert-OH is 2. The molecule has 0 aromatic heterocycles. The fraction of sp³-hybridized carbons (Fsp3) is 0.750. The van der Waals surface area contributed by atoms with Crippen LogP contribution < -0.4 is 10.2 Å². The van der Waals surface area contributed by atoms with Crippen LogP contribution in [0.2, 0.25) is 0 Å². The van der Waals surface area contributed by atoms with Gasteiger partial charge in [-0.3, -0.25) is 0 Å². The summed E-state index contributed by atoms with van der Waals surface area (Å²) in [7, 11) is 0. The van der Waals surface area contributed by atoms with Crippen molar-refractivity contribution in [2.45, 2.75) is 38.9 Å². The summed E-state index contributed by atoms with van der Waals surface area (Å²) < 4.78 is 0. The molecule has 0 aliphatic carbocycles. The number of aliphatic carboxylic acids is 2. The fourth-order valence-electron chi connectivity index (χ4n) is 0.482. The van der Waals surface area contributed by atoms with Gasteiger partial charge in [0.1, 0.15) is 0 Å². The van der Waals surface area contributed by atoms with Crippen molar-refractivity contribution in [3.63, 3.8) is 0 Å². The zero-order valence-corrected chi connectivity index (χ0v) is 9.55. The zero-order chi connectivity index (χ0) is 11.7. The van der Waals surface area contributed by atoms with Gasteiger partial charge in [-0.15, -0.1) is 0 Å². The van der Waals surface area contributed by atoms with Gasteiger partial charge in [-0.1, -0.05) is 0 Å². The number of carbonyl (C=O) groups is 2. The first-order valence-electron chi connectivity index (χ1n) is 4.01. The monoisotopic (exact) mass is 262 g/mol. The number of aliphatic hydroxyl groups is 2. The molecule has 0 amide bonds. The summed E-state index contributed by atoms with van der Waals surface area (Å²) in [6, 6.07) is 0. The van der Waals surface area contributed by atoms with Gasteiger partial charge < -0.3 is 30.0 Å². The smallest absolute Gasteiger partial charge is 0.550 e. The van der Waals surface area contributed by atoms with E-state index in [9.17, 15) is 19.8 Å². The first-order valence-corrected chi connectivity index (χ1v) is 4.01. The van der Waals surface area contributed by atoms with Gasteiger partial charge >= 0.3 is 17.1 Å². The van der Waals surface area contributed by atoms with Crippen molar-refractivity contribution >= 4 is 11.9 Å². The molecular formula is C8H14FeO6. The molecule has 6 nitrogen and oxygen atoms in total. The van der Waals surface area contributed by atoms with Crippen LogP contribution in [-0.4, -0.2) is 34.4 Å². The van der Waals surface area contributed by atoms with Gasteiger partial charge in [0, 0.05) is 24.8 Å². The molecule has 0 aromatic rings. The predicted molar refractivity (Wildman–Crippen MR) is 42.6 cm³/mol. The van der Waals surface area contributed by atoms with Crippen LogP contribution in [0.25, 0.3) is 0 Å². The van der Waals surface area contributed by atoms with Crippen LogP contribution in [0.5, 0.6) is 0 Å². The first kappa shape index (κ1) is 19.9. The summed E-state index contributed by atoms with van der Waals surface area (Å²) in [5.74, 6) is -2.43. The number of carbonyl (C=O) groups excluding carboxylic acids is 2. The van der Waals surface area contributed by atoms with Crippen LogP contribution in [-0.2, 0) is 26.7 Å². The third kappa shape index (κ3) is 31.8. The van der Waals surface area contributed by atoms with E-state index in [0.717, 1.165) is 0 Å². The van der Waals surface area contributed by atoms with Crippen LogP contribution in [0.3, 0.4) is 0 Å². The number of hydrogen-bond donors (Lipinski definition) is 2. The molecule has 0 bridgehead atoms. The summed E-state index contributed by atoms with van der Waals surface area (Å²) >= 11 is 0. The summed E-state index contributed by atoms with van der Waals surface area (Å²) in [6.07, 6.45) is -2.13. The Labute approximate surface area is 98.4 Å². The maximum Gasteiger partial charge on any atom is 2.00 e. The van der Waals surface area contributed by atoms with E-state index in [0.29, 0.717) is 0 Å². The van der Waals surface area contributed by atoms with Crippen molar-refractivity contribution in [2.75, 3.05) is 0 Å². The minimum atomic E-state index is -1.21. The van der Waals surface area contributed by atoms with E-state index in [2.05, 4.69) is 0 Å². The average molecular weight is 262 g/mol. The third-order valence-corrected chi connectivity index (χ3v) is 0.924. The minimum absolute atomic E-state index is 0. The number of hydrogen-bond acceptors (Lipinski definition) is 6. The molecule has 2 N–H and O–H groups in total. The summed E-state index contributed by atoms with van der Waals surface area (Å²) in [5.41, 5.74) is 0. The van der Waals surface area contributed by atoms with Gasteiger partial charge in [-0.05, 0) is 13.8 Å². The molecule has 2 atom stereocenters. The van der Waals surface area contributed by atoms with Crippen molar-refractivity contribution in [1.29, 1.82) is 0 Å². The van der Waals surface area contributed by atoms with Crippen LogP contribution in [0.1, 0.15) is 26.7 Å². The van der Waals surface area contributed by atoms with Gasteiger partial charge in [0.2, 0.25) is 0 Å². The molecule has 0 fully saturated rings. The van der Waals surface area contributed by atoms with Crippen molar-refractivity contribution in [3.8, 4) is 0 Å². The molecule has 0 heterocycles. The normalized spacial score (nSPS) is 12.5. The van der Waals surface area contributed by atoms with E-state index < -0.39 is 24.1 Å². The molecule has 90 valence electrons. The second kappa shape index (κ2) is 11.5. The topological polar surface area (TPSA) is 121 Å². The van der Waals surface area contributed by atoms with E-state index in [4.69, 9.17) is 10.2 Å². The SMILES string of the molecule is CC(O)CC(=O)[O-].CC(O)CC(=O)[O-].[Fe+2]. The molecule has 0 aliphatic heterocycles. The molecule has 15 heavy (non-hydrogen) atoms. The zero-order valence-electron chi connectivity index (χ0n) is 8.45. The average Bonchev–Trinajstić information content (AvgIpc) is 1.79. The second-order valence-corrected chi connectivity index (χ2v) is 2.85. The number of carboxylic acid groups (broad SMARTS) is 2. The maximum absolute atomic E-state index is 9.54. The largest absolute Gasteiger partial charge is 2.00 e. The number of rotatable bonds is 4. The quantitative estimate of drug-likeness (QED) is 0.521. The first-order chi connectivity index (χ1) is 6.25. The van der Waals surface area contributed by atoms with Crippen LogP contribution in [0.15, 0.2) is 0 Å². The van der Waals surface area contributed by atoms with Crippen LogP contribution in [0.4, 0.5) is 0 Å². The van der Waals surface area contributed by atoms with Gasteiger partial charge in [0.25, 0.3) is 0 Å². The van der Waals surface area contributed by atoms with Gasteiger partial charge in [-0.25, -0.2) is 0 Å². The molecule has 0 rings (SSSR count). The Kier molecular flexibility index (Phi) is 15.2. The van der Waals surface area contributed by atoms with E-state index in [1.54, 1.807) is 0 Å². The Balaban J connectivity index is -0.000000180. The van der Waals surface area contributed by atoms with E-state index in [1.165, 1.54) is 13.8 Å². The molecule has 0 saturated heterocycles. The molecule has 0 aromatic carbocycles. The van der Waals surface area contributed by atoms with E-state index in [-0.39, 0.29) is 29.9 Å². The molecule has 2 unspecified atom stereocenters. The second-order valence-electron chi connectivity index (χ2n) is 2.85. The van der Waals surface area contributed by atoms with Gasteiger partial charge in [0.05, 0.1) is 12.2 Å². The third-order valence-electron chi connectivity index (χ3n) is 0.924. The van der Waals surface area contributed by atoms with Crippen molar-refractivity contribution in [2.24, 2.45) is 0 Å². The summed E-state index contributed by atoms with van der Waals surface area (Å²) in [4.78, 5) is 19.1. The van der Waals surface area contributed by atoms with E-state index in [1.807, 2.05) is 0 Å². The molecule has 0 spiro atoms. The maximum atomic E-state index is 9.54. The standard InChI is InChI=1S/2C4H8O3.Fe/c2*1-3(5)2-4(6)7;/h2*3,5H,2H2,1H3,(H,6,7);/q;;+2/p-2. The fourth-order valence-corrected chi connectivity index (χ4v) is 0.482. The Morgan fingerprint density at radius 2 is 1.20 bits per heavy atom. The van der Waals surface area contributed by atoms with Crippen LogP contribution in [0, 0.1) is 0 Å². The van der Waals surface area contributed by atoms with Gasteiger partial charge in [-0.2, -0.15) is 0 Å². The van der Waals surface area contributed by atoms with Crippen molar-refractivity contribution < 1.29 is 47.1 Å². The Hall–Kier alpha value is -0.621. The minimum Gasteiger partial charge on any atom is -0.550 e. The molecule has 7 heteroatoms. The van der Waals surface area contributed by atoms with Gasteiger partial charge in [0.15, 0.2) is 0 Å². The Morgan fingerprint density at radius 3 is 1.20 bits per heavy atom. The van der Waals surface area contributed by atoms with Crippen molar-refractivity contribution in [3.05, 3.63) is 0 Å². The predicted octanol–water partition coefficient (Wildman–Crippen LogP) is -2.99. The summed E-state index contributed by atoms with van der Waals surface area (Å²) in [6.45, 7) is 2.80.